The van der Waals surface area contributed by atoms with Crippen LogP contribution < -0.4 is 15.5 Å². The van der Waals surface area contributed by atoms with Crippen molar-refractivity contribution in [2.24, 2.45) is 0 Å². The Kier molecular flexibility index (Phi) is 12.7. The van der Waals surface area contributed by atoms with E-state index in [1.54, 1.807) is 6.07 Å². The van der Waals surface area contributed by atoms with E-state index >= 15 is 0 Å². The van der Waals surface area contributed by atoms with E-state index in [9.17, 15) is 53.9 Å². The summed E-state index contributed by atoms with van der Waals surface area (Å²) in [7, 11) is 1.32. The van der Waals surface area contributed by atoms with Crippen molar-refractivity contribution in [3.05, 3.63) is 91.2 Å². The minimum Gasteiger partial charge on any atom is -0.359 e. The van der Waals surface area contributed by atoms with Gasteiger partial charge in [0.15, 0.2) is 35.5 Å². The molecular weight excluding hydrogens is 816 g/mol. The van der Waals surface area contributed by atoms with Crippen molar-refractivity contribution in [3.8, 4) is 0 Å². The number of anilines is 3. The van der Waals surface area contributed by atoms with Crippen molar-refractivity contribution in [1.82, 2.24) is 9.97 Å². The third kappa shape index (κ3) is 10.2. The summed E-state index contributed by atoms with van der Waals surface area (Å²) in [6.07, 6.45) is -7.53. The molecule has 2 aromatic heterocycles. The Hall–Kier alpha value is -4.61. The molecule has 2 N–H and O–H groups in total. The van der Waals surface area contributed by atoms with Gasteiger partial charge in [0.2, 0.25) is 0 Å². The number of carbonyl (C=O) groups is 3. The Bertz CT molecular complexity index is 2020. The van der Waals surface area contributed by atoms with Crippen molar-refractivity contribution in [2.75, 3.05) is 22.6 Å². The molecule has 55 heavy (non-hydrogen) atoms. The number of halogens is 12. The lowest BCUT2D eigenvalue weighted by molar-refractivity contribution is -0.143. The number of benzene rings is 1. The number of Topliss-reactive ketones (excluding diaryl/α,β-unsaturated/α-hetero) is 3. The molecule has 2 unspecified atom stereocenters. The van der Waals surface area contributed by atoms with Crippen molar-refractivity contribution < 1.29 is 53.9 Å². The van der Waals surface area contributed by atoms with Gasteiger partial charge in [0.1, 0.15) is 11.6 Å². The molecule has 0 aliphatic carbocycles. The summed E-state index contributed by atoms with van der Waals surface area (Å²) in [5.41, 5.74) is 0.682. The maximum atomic E-state index is 13.1. The molecule has 3 aromatic rings. The van der Waals surface area contributed by atoms with Gasteiger partial charge < -0.3 is 15.5 Å². The fourth-order valence-electron chi connectivity index (χ4n) is 5.67. The molecular formula is C35H27Cl3F9N5O3. The average Bonchev–Trinajstić information content (AvgIpc) is 3.05. The number of likely N-dealkylation sites (N-methyl/N-ethyl adjacent to an activating group) is 1. The van der Waals surface area contributed by atoms with Gasteiger partial charge in [0, 0.05) is 58.0 Å². The second-order valence-electron chi connectivity index (χ2n) is 12.1. The predicted molar refractivity (Wildman–Crippen MR) is 191 cm³/mol. The SMILES string of the molecule is CC(=O)C1=Cc2cc(Cl)ccc2N(C)C1C(F)(F)F.CC(=O)C1=Cc2cc(Cl)cnc2NC1C(F)(F)F.CC(=O)C1=Cc2cc(Cl)cnc2N[C@@H]1C(F)(F)F. The summed E-state index contributed by atoms with van der Waals surface area (Å²) >= 11 is 17.2. The Labute approximate surface area is 322 Å². The number of rotatable bonds is 3. The molecule has 3 aliphatic heterocycles. The van der Waals surface area contributed by atoms with Crippen LogP contribution in [-0.2, 0) is 14.4 Å². The molecule has 20 heteroatoms. The highest BCUT2D eigenvalue weighted by atomic mass is 35.5. The van der Waals surface area contributed by atoms with Crippen LogP contribution in [0.15, 0.2) is 59.4 Å². The zero-order valence-electron chi connectivity index (χ0n) is 28.6. The molecule has 8 nitrogen and oxygen atoms in total. The number of aromatic nitrogens is 2. The molecule has 3 atom stereocenters. The highest BCUT2D eigenvalue weighted by molar-refractivity contribution is 6.31. The summed E-state index contributed by atoms with van der Waals surface area (Å²) in [5.74, 6) is -1.76. The number of hydrogen-bond acceptors (Lipinski definition) is 8. The smallest absolute Gasteiger partial charge is 0.359 e. The molecule has 3 aliphatic rings. The normalized spacial score (nSPS) is 18.8. The molecule has 0 amide bonds. The quantitative estimate of drug-likeness (QED) is 0.252. The molecule has 0 saturated carbocycles. The molecule has 5 heterocycles. The number of alkyl halides is 9. The highest BCUT2D eigenvalue weighted by Crippen LogP contribution is 2.41. The van der Waals surface area contributed by atoms with Gasteiger partial charge in [0.05, 0.1) is 10.0 Å². The number of ketones is 3. The van der Waals surface area contributed by atoms with Gasteiger partial charge in [-0.3, -0.25) is 14.4 Å². The molecule has 0 fully saturated rings. The van der Waals surface area contributed by atoms with E-state index in [1.165, 1.54) is 61.9 Å². The fraction of sp³-hybridized carbons (Fsp3) is 0.286. The van der Waals surface area contributed by atoms with Gasteiger partial charge in [-0.1, -0.05) is 34.8 Å². The summed E-state index contributed by atoms with van der Waals surface area (Å²) < 4.78 is 116. The first-order chi connectivity index (χ1) is 25.3. The Morgan fingerprint density at radius 3 is 1.35 bits per heavy atom. The van der Waals surface area contributed by atoms with E-state index in [-0.39, 0.29) is 28.4 Å². The van der Waals surface area contributed by atoms with Crippen LogP contribution in [0.1, 0.15) is 37.5 Å². The Morgan fingerprint density at radius 2 is 0.982 bits per heavy atom. The first kappa shape index (κ1) is 43.1. The molecule has 0 bridgehead atoms. The first-order valence-electron chi connectivity index (χ1n) is 15.5. The van der Waals surface area contributed by atoms with Crippen LogP contribution in [-0.4, -0.2) is 71.0 Å². The van der Waals surface area contributed by atoms with Gasteiger partial charge >= 0.3 is 18.5 Å². The van der Waals surface area contributed by atoms with E-state index < -0.39 is 54.0 Å². The van der Waals surface area contributed by atoms with Gasteiger partial charge in [0.25, 0.3) is 0 Å². The molecule has 0 radical (unpaired) electrons. The van der Waals surface area contributed by atoms with Crippen LogP contribution in [0.25, 0.3) is 18.2 Å². The van der Waals surface area contributed by atoms with Crippen LogP contribution in [0, 0.1) is 0 Å². The summed E-state index contributed by atoms with van der Waals surface area (Å²) in [6, 6.07) is 1.51. The molecule has 1 aromatic carbocycles. The predicted octanol–water partition coefficient (Wildman–Crippen LogP) is 9.82. The number of pyridine rings is 2. The molecule has 6 rings (SSSR count). The van der Waals surface area contributed by atoms with E-state index in [0.717, 1.165) is 25.7 Å². The van der Waals surface area contributed by atoms with Gasteiger partial charge in [-0.25, -0.2) is 9.97 Å². The molecule has 0 saturated heterocycles. The monoisotopic (exact) mass is 841 g/mol. The number of fused-ring (bicyclic) bond motifs is 3. The maximum absolute atomic E-state index is 13.1. The largest absolute Gasteiger partial charge is 0.413 e. The summed E-state index contributed by atoms with van der Waals surface area (Å²) in [4.78, 5) is 42.7. The van der Waals surface area contributed by atoms with Crippen molar-refractivity contribution in [2.45, 2.75) is 57.4 Å². The van der Waals surface area contributed by atoms with E-state index in [2.05, 4.69) is 20.6 Å². The number of nitrogens with zero attached hydrogens (tertiary/aromatic N) is 3. The maximum Gasteiger partial charge on any atom is 0.413 e. The van der Waals surface area contributed by atoms with E-state index in [4.69, 9.17) is 34.8 Å². The number of hydrogen-bond donors (Lipinski definition) is 2. The zero-order chi connectivity index (χ0) is 41.4. The van der Waals surface area contributed by atoms with E-state index in [1.807, 2.05) is 0 Å². The summed E-state index contributed by atoms with van der Waals surface area (Å²) in [5, 5.41) is 5.42. The van der Waals surface area contributed by atoms with Crippen molar-refractivity contribution in [1.29, 1.82) is 0 Å². The van der Waals surface area contributed by atoms with Gasteiger partial charge in [-0.2, -0.15) is 39.5 Å². The fourth-order valence-corrected chi connectivity index (χ4v) is 6.19. The minimum absolute atomic E-state index is 0.0618. The Balaban J connectivity index is 0.000000184. The van der Waals surface area contributed by atoms with Crippen LogP contribution in [0.5, 0.6) is 0 Å². The third-order valence-electron chi connectivity index (χ3n) is 8.12. The zero-order valence-corrected chi connectivity index (χ0v) is 30.9. The highest BCUT2D eigenvalue weighted by Gasteiger charge is 2.49. The lowest BCUT2D eigenvalue weighted by Crippen LogP contribution is -2.48. The van der Waals surface area contributed by atoms with Crippen molar-refractivity contribution in [3.63, 3.8) is 0 Å². The van der Waals surface area contributed by atoms with Crippen LogP contribution >= 0.6 is 34.8 Å². The lowest BCUT2D eigenvalue weighted by Gasteiger charge is -2.36. The Morgan fingerprint density at radius 1 is 0.600 bits per heavy atom. The van der Waals surface area contributed by atoms with Crippen molar-refractivity contribution >= 4 is 87.7 Å². The summed E-state index contributed by atoms with van der Waals surface area (Å²) in [6.45, 7) is 3.32. The topological polar surface area (TPSA) is 104 Å². The second kappa shape index (κ2) is 16.2. The van der Waals surface area contributed by atoms with Crippen LogP contribution in [0.2, 0.25) is 15.1 Å². The second-order valence-corrected chi connectivity index (χ2v) is 13.5. The molecule has 0 spiro atoms. The number of nitrogens with one attached hydrogen (secondary N) is 2. The van der Waals surface area contributed by atoms with E-state index in [0.29, 0.717) is 37.4 Å². The lowest BCUT2D eigenvalue weighted by atomic mass is 9.93. The molecule has 294 valence electrons. The number of carbonyl (C=O) groups excluding carboxylic acids is 3. The minimum atomic E-state index is -4.56. The standard InChI is InChI=1S/C13H11ClF3NO.2C11H8ClF3N2O/c1-7(19)10-6-8-5-9(14)3-4-11(8)18(2)12(10)13(15,16)17;2*1-5(18)8-3-6-2-7(12)4-16-10(6)17-9(8)11(13,14)15/h3-6,12H,1-2H3;2*2-4,9H,1H3,(H,16,17)/t;9-;/m.0./s1. The van der Waals surface area contributed by atoms with Gasteiger partial charge in [-0.15, -0.1) is 0 Å². The third-order valence-corrected chi connectivity index (χ3v) is 8.77. The average molecular weight is 843 g/mol. The van der Waals surface area contributed by atoms with Crippen LogP contribution in [0.4, 0.5) is 56.8 Å². The first-order valence-corrected chi connectivity index (χ1v) is 16.7. The van der Waals surface area contributed by atoms with Crippen LogP contribution in [0.3, 0.4) is 0 Å². The van der Waals surface area contributed by atoms with Gasteiger partial charge in [-0.05, 0) is 74.9 Å².